The van der Waals surface area contributed by atoms with Crippen LogP contribution in [-0.4, -0.2) is 38.7 Å². The number of hydrogen-bond donors (Lipinski definition) is 2. The van der Waals surface area contributed by atoms with Crippen LogP contribution in [0.15, 0.2) is 12.4 Å². The van der Waals surface area contributed by atoms with Crippen molar-refractivity contribution in [2.45, 2.75) is 25.9 Å². The van der Waals surface area contributed by atoms with Crippen LogP contribution in [0.4, 0.5) is 0 Å². The van der Waals surface area contributed by atoms with E-state index in [9.17, 15) is 4.79 Å². The summed E-state index contributed by atoms with van der Waals surface area (Å²) in [5.41, 5.74) is 0. The Balaban J connectivity index is 2.35. The maximum absolute atomic E-state index is 11.3. The first-order valence-electron chi connectivity index (χ1n) is 4.50. The van der Waals surface area contributed by atoms with Crippen molar-refractivity contribution in [3.8, 4) is 0 Å². The minimum Gasteiger partial charge on any atom is -0.394 e. The number of rotatable bonds is 5. The van der Waals surface area contributed by atoms with Crippen molar-refractivity contribution in [1.82, 2.24) is 20.3 Å². The zero-order valence-electron chi connectivity index (χ0n) is 8.05. The van der Waals surface area contributed by atoms with E-state index in [0.29, 0.717) is 6.42 Å². The first-order valence-corrected chi connectivity index (χ1v) is 4.50. The van der Waals surface area contributed by atoms with E-state index >= 15 is 0 Å². The standard InChI is InChI=1S/C8H14N4O2/c1-2-7(6-13)10-8(14)5-12-4-3-9-11-12/h3-4,7,13H,2,5-6H2,1H3,(H,10,14)/t7-/m0/s1. The van der Waals surface area contributed by atoms with Crippen molar-refractivity contribution in [1.29, 1.82) is 0 Å². The molecule has 0 fully saturated rings. The molecular formula is C8H14N4O2. The number of aromatic nitrogens is 3. The molecule has 0 radical (unpaired) electrons. The van der Waals surface area contributed by atoms with Gasteiger partial charge in [-0.3, -0.25) is 4.79 Å². The van der Waals surface area contributed by atoms with Crippen molar-refractivity contribution in [3.05, 3.63) is 12.4 Å². The number of nitrogens with zero attached hydrogens (tertiary/aromatic N) is 3. The van der Waals surface area contributed by atoms with Crippen LogP contribution in [0.5, 0.6) is 0 Å². The summed E-state index contributed by atoms with van der Waals surface area (Å²) in [7, 11) is 0. The molecule has 0 aromatic carbocycles. The fourth-order valence-electron chi connectivity index (χ4n) is 1.01. The molecule has 0 spiro atoms. The average molecular weight is 198 g/mol. The smallest absolute Gasteiger partial charge is 0.242 e. The monoisotopic (exact) mass is 198 g/mol. The number of aliphatic hydroxyl groups is 1. The van der Waals surface area contributed by atoms with Crippen LogP contribution in [0, 0.1) is 0 Å². The van der Waals surface area contributed by atoms with Gasteiger partial charge >= 0.3 is 0 Å². The molecule has 0 aliphatic carbocycles. The minimum absolute atomic E-state index is 0.0421. The zero-order valence-corrected chi connectivity index (χ0v) is 8.05. The van der Waals surface area contributed by atoms with Crippen LogP contribution in [0.3, 0.4) is 0 Å². The predicted octanol–water partition coefficient (Wildman–Crippen LogP) is -0.835. The van der Waals surface area contributed by atoms with E-state index in [1.807, 2.05) is 6.92 Å². The zero-order chi connectivity index (χ0) is 10.4. The van der Waals surface area contributed by atoms with E-state index < -0.39 is 0 Å². The van der Waals surface area contributed by atoms with Crippen LogP contribution in [0.1, 0.15) is 13.3 Å². The fraction of sp³-hybridized carbons (Fsp3) is 0.625. The highest BCUT2D eigenvalue weighted by Crippen LogP contribution is 1.89. The van der Waals surface area contributed by atoms with Gasteiger partial charge in [0.1, 0.15) is 6.54 Å². The molecule has 0 unspecified atom stereocenters. The Hall–Kier alpha value is -1.43. The number of amides is 1. The second-order valence-corrected chi connectivity index (χ2v) is 2.96. The molecule has 1 rings (SSSR count). The van der Waals surface area contributed by atoms with Gasteiger partial charge in [0.2, 0.25) is 5.91 Å². The van der Waals surface area contributed by atoms with E-state index in [1.165, 1.54) is 10.9 Å². The van der Waals surface area contributed by atoms with Crippen molar-refractivity contribution in [2.75, 3.05) is 6.61 Å². The van der Waals surface area contributed by atoms with Gasteiger partial charge in [-0.1, -0.05) is 12.1 Å². The molecule has 0 aliphatic heterocycles. The van der Waals surface area contributed by atoms with Crippen molar-refractivity contribution in [2.24, 2.45) is 0 Å². The first kappa shape index (κ1) is 10.6. The van der Waals surface area contributed by atoms with Gasteiger partial charge in [-0.05, 0) is 6.42 Å². The van der Waals surface area contributed by atoms with Crippen LogP contribution in [-0.2, 0) is 11.3 Å². The first-order chi connectivity index (χ1) is 6.76. The largest absolute Gasteiger partial charge is 0.394 e. The Morgan fingerprint density at radius 2 is 2.50 bits per heavy atom. The van der Waals surface area contributed by atoms with Crippen molar-refractivity contribution in [3.63, 3.8) is 0 Å². The van der Waals surface area contributed by atoms with Crippen LogP contribution in [0.25, 0.3) is 0 Å². The maximum atomic E-state index is 11.3. The molecule has 14 heavy (non-hydrogen) atoms. The molecule has 2 N–H and O–H groups in total. The van der Waals surface area contributed by atoms with Crippen LogP contribution >= 0.6 is 0 Å². The SMILES string of the molecule is CC[C@@H](CO)NC(=O)Cn1ccnn1. The number of carbonyl (C=O) groups is 1. The van der Waals surface area contributed by atoms with Gasteiger partial charge in [-0.25, -0.2) is 4.68 Å². The molecule has 1 aromatic rings. The molecule has 1 atom stereocenters. The van der Waals surface area contributed by atoms with E-state index in [1.54, 1.807) is 6.20 Å². The van der Waals surface area contributed by atoms with Gasteiger partial charge in [0.15, 0.2) is 0 Å². The molecule has 6 heteroatoms. The molecular weight excluding hydrogens is 184 g/mol. The lowest BCUT2D eigenvalue weighted by atomic mass is 10.2. The molecule has 0 saturated heterocycles. The molecule has 1 heterocycles. The lowest BCUT2D eigenvalue weighted by Gasteiger charge is -2.13. The number of hydrogen-bond acceptors (Lipinski definition) is 4. The number of aliphatic hydroxyl groups excluding tert-OH is 1. The maximum Gasteiger partial charge on any atom is 0.242 e. The third-order valence-electron chi connectivity index (χ3n) is 1.86. The van der Waals surface area contributed by atoms with E-state index in [2.05, 4.69) is 15.6 Å². The fourth-order valence-corrected chi connectivity index (χ4v) is 1.01. The second kappa shape index (κ2) is 5.33. The lowest BCUT2D eigenvalue weighted by Crippen LogP contribution is -2.38. The molecule has 78 valence electrons. The quantitative estimate of drug-likeness (QED) is 0.647. The lowest BCUT2D eigenvalue weighted by molar-refractivity contribution is -0.122. The summed E-state index contributed by atoms with van der Waals surface area (Å²) in [5.74, 6) is -0.170. The summed E-state index contributed by atoms with van der Waals surface area (Å²) in [6, 6.07) is -0.175. The normalized spacial score (nSPS) is 12.4. The summed E-state index contributed by atoms with van der Waals surface area (Å²) in [6.45, 7) is 1.99. The molecule has 1 aromatic heterocycles. The molecule has 0 aliphatic rings. The summed E-state index contributed by atoms with van der Waals surface area (Å²) in [6.07, 6.45) is 3.83. The number of carbonyl (C=O) groups excluding carboxylic acids is 1. The van der Waals surface area contributed by atoms with Crippen LogP contribution < -0.4 is 5.32 Å². The average Bonchev–Trinajstić information content (AvgIpc) is 2.66. The van der Waals surface area contributed by atoms with Crippen LogP contribution in [0.2, 0.25) is 0 Å². The Bertz CT molecular complexity index is 269. The van der Waals surface area contributed by atoms with Gasteiger partial charge in [0.05, 0.1) is 18.8 Å². The van der Waals surface area contributed by atoms with Gasteiger partial charge < -0.3 is 10.4 Å². The highest BCUT2D eigenvalue weighted by atomic mass is 16.3. The van der Waals surface area contributed by atoms with Gasteiger partial charge in [0.25, 0.3) is 0 Å². The minimum atomic E-state index is -0.175. The summed E-state index contributed by atoms with van der Waals surface area (Å²) in [5, 5.41) is 18.8. The summed E-state index contributed by atoms with van der Waals surface area (Å²) < 4.78 is 1.43. The highest BCUT2D eigenvalue weighted by Gasteiger charge is 2.09. The third kappa shape index (κ3) is 3.14. The number of nitrogens with one attached hydrogen (secondary N) is 1. The Labute approximate surface area is 81.9 Å². The molecule has 1 amide bonds. The van der Waals surface area contributed by atoms with E-state index in [4.69, 9.17) is 5.11 Å². The van der Waals surface area contributed by atoms with E-state index in [0.717, 1.165) is 0 Å². The van der Waals surface area contributed by atoms with Gasteiger partial charge in [-0.15, -0.1) is 5.10 Å². The van der Waals surface area contributed by atoms with E-state index in [-0.39, 0.29) is 25.1 Å². The van der Waals surface area contributed by atoms with Gasteiger partial charge in [0, 0.05) is 6.20 Å². The topological polar surface area (TPSA) is 80.0 Å². The Kier molecular flexibility index (Phi) is 4.06. The second-order valence-electron chi connectivity index (χ2n) is 2.96. The molecule has 0 saturated carbocycles. The Morgan fingerprint density at radius 3 is 3.00 bits per heavy atom. The summed E-state index contributed by atoms with van der Waals surface area (Å²) in [4.78, 5) is 11.3. The Morgan fingerprint density at radius 1 is 1.71 bits per heavy atom. The molecule has 6 nitrogen and oxygen atoms in total. The molecule has 0 bridgehead atoms. The third-order valence-corrected chi connectivity index (χ3v) is 1.86. The predicted molar refractivity (Wildman–Crippen MR) is 49.3 cm³/mol. The van der Waals surface area contributed by atoms with Crippen molar-refractivity contribution >= 4 is 5.91 Å². The van der Waals surface area contributed by atoms with Gasteiger partial charge in [-0.2, -0.15) is 0 Å². The highest BCUT2D eigenvalue weighted by molar-refractivity contribution is 5.75. The van der Waals surface area contributed by atoms with Crippen molar-refractivity contribution < 1.29 is 9.90 Å². The summed E-state index contributed by atoms with van der Waals surface area (Å²) >= 11 is 0.